The average Bonchev–Trinajstić information content (AvgIpc) is 3.28. The van der Waals surface area contributed by atoms with Gasteiger partial charge < -0.3 is 14.2 Å². The van der Waals surface area contributed by atoms with Crippen molar-refractivity contribution in [3.05, 3.63) is 85.1 Å². The fourth-order valence-corrected chi connectivity index (χ4v) is 6.97. The average molecular weight is 877 g/mol. The molecule has 1 unspecified atom stereocenters. The van der Waals surface area contributed by atoms with E-state index in [1.165, 1.54) is 89.9 Å². The van der Waals surface area contributed by atoms with E-state index >= 15 is 0 Å². The van der Waals surface area contributed by atoms with Gasteiger partial charge in [-0.1, -0.05) is 209 Å². The van der Waals surface area contributed by atoms with Crippen LogP contribution in [-0.4, -0.2) is 37.2 Å². The Labute approximate surface area is 388 Å². The summed E-state index contributed by atoms with van der Waals surface area (Å²) in [5, 5.41) is 0. The van der Waals surface area contributed by atoms with Crippen molar-refractivity contribution in [3.63, 3.8) is 0 Å². The van der Waals surface area contributed by atoms with Crippen LogP contribution in [0.15, 0.2) is 85.1 Å². The van der Waals surface area contributed by atoms with Crippen LogP contribution in [0.2, 0.25) is 0 Å². The summed E-state index contributed by atoms with van der Waals surface area (Å²) in [6, 6.07) is 0. The molecule has 0 spiro atoms. The molecule has 0 aliphatic heterocycles. The molecule has 63 heavy (non-hydrogen) atoms. The summed E-state index contributed by atoms with van der Waals surface area (Å²) in [7, 11) is 0. The molecule has 0 saturated heterocycles. The monoisotopic (exact) mass is 877 g/mol. The maximum Gasteiger partial charge on any atom is 0.306 e. The molecule has 0 aromatic rings. The number of carbonyl (C=O) groups excluding carboxylic acids is 3. The third-order valence-corrected chi connectivity index (χ3v) is 10.9. The molecule has 0 heterocycles. The minimum atomic E-state index is -0.796. The largest absolute Gasteiger partial charge is 0.462 e. The number of hydrogen-bond donors (Lipinski definition) is 0. The van der Waals surface area contributed by atoms with Crippen LogP contribution in [0, 0.1) is 0 Å². The topological polar surface area (TPSA) is 78.9 Å². The fourth-order valence-electron chi connectivity index (χ4n) is 6.97. The van der Waals surface area contributed by atoms with E-state index in [0.29, 0.717) is 19.3 Å². The number of carbonyl (C=O) groups is 3. The van der Waals surface area contributed by atoms with Gasteiger partial charge >= 0.3 is 17.9 Å². The lowest BCUT2D eigenvalue weighted by molar-refractivity contribution is -0.167. The number of rotatable bonds is 46. The molecule has 0 aliphatic rings. The van der Waals surface area contributed by atoms with Crippen LogP contribution in [0.25, 0.3) is 0 Å². The highest BCUT2D eigenvalue weighted by atomic mass is 16.6. The number of allylic oxidation sites excluding steroid dienone is 14. The standard InChI is InChI=1S/C57H96O6/c1-4-7-10-13-16-19-22-24-26-27-28-29-30-31-32-34-35-38-41-44-47-50-56(59)62-53-54(52-61-55(58)49-46-43-40-37-21-18-15-12-9-6-3)63-57(60)51-48-45-42-39-36-33-25-23-20-17-14-11-8-5-2/h7,10,16,19,23-26,28-29,31-32,35,38,54H,4-6,8-9,11-15,17-18,20-22,27,30,33-34,36-37,39-53H2,1-3H3/b10-7-,19-16-,25-23-,26-24-,29-28-,32-31-,38-35-. The summed E-state index contributed by atoms with van der Waals surface area (Å²) in [5.74, 6) is -0.949. The van der Waals surface area contributed by atoms with Crippen molar-refractivity contribution in [2.45, 2.75) is 245 Å². The van der Waals surface area contributed by atoms with Crippen LogP contribution < -0.4 is 0 Å². The second-order valence-electron chi connectivity index (χ2n) is 17.1. The van der Waals surface area contributed by atoms with Gasteiger partial charge in [0.2, 0.25) is 0 Å². The molecule has 0 aliphatic carbocycles. The number of hydrogen-bond acceptors (Lipinski definition) is 6. The highest BCUT2D eigenvalue weighted by Gasteiger charge is 2.19. The highest BCUT2D eigenvalue weighted by molar-refractivity contribution is 5.71. The van der Waals surface area contributed by atoms with E-state index in [0.717, 1.165) is 109 Å². The molecule has 0 radical (unpaired) electrons. The van der Waals surface area contributed by atoms with E-state index in [9.17, 15) is 14.4 Å². The Hall–Kier alpha value is -3.41. The summed E-state index contributed by atoms with van der Waals surface area (Å²) in [4.78, 5) is 37.9. The maximum absolute atomic E-state index is 12.8. The first-order chi connectivity index (χ1) is 31.0. The molecule has 0 bridgehead atoms. The predicted molar refractivity (Wildman–Crippen MR) is 270 cm³/mol. The van der Waals surface area contributed by atoms with Crippen molar-refractivity contribution in [2.75, 3.05) is 13.2 Å². The first kappa shape index (κ1) is 59.6. The van der Waals surface area contributed by atoms with Gasteiger partial charge in [0.1, 0.15) is 13.2 Å². The van der Waals surface area contributed by atoms with Crippen LogP contribution in [0.4, 0.5) is 0 Å². The molecule has 0 fully saturated rings. The summed E-state index contributed by atoms with van der Waals surface area (Å²) in [6.45, 7) is 6.45. The Morgan fingerprint density at radius 1 is 0.333 bits per heavy atom. The van der Waals surface area contributed by atoms with Gasteiger partial charge in [0.25, 0.3) is 0 Å². The van der Waals surface area contributed by atoms with E-state index < -0.39 is 6.10 Å². The van der Waals surface area contributed by atoms with Crippen LogP contribution in [0.5, 0.6) is 0 Å². The van der Waals surface area contributed by atoms with Crippen molar-refractivity contribution in [1.29, 1.82) is 0 Å². The van der Waals surface area contributed by atoms with Gasteiger partial charge in [0.15, 0.2) is 6.10 Å². The predicted octanol–water partition coefficient (Wildman–Crippen LogP) is 17.2. The number of unbranched alkanes of at least 4 members (excludes halogenated alkanes) is 21. The van der Waals surface area contributed by atoms with Gasteiger partial charge in [-0.25, -0.2) is 0 Å². The van der Waals surface area contributed by atoms with E-state index in [2.05, 4.69) is 106 Å². The van der Waals surface area contributed by atoms with Crippen LogP contribution in [-0.2, 0) is 28.6 Å². The van der Waals surface area contributed by atoms with E-state index in [1.54, 1.807) is 0 Å². The maximum atomic E-state index is 12.8. The van der Waals surface area contributed by atoms with Crippen molar-refractivity contribution < 1.29 is 28.6 Å². The molecular weight excluding hydrogens is 781 g/mol. The molecule has 0 aromatic heterocycles. The molecule has 0 N–H and O–H groups in total. The first-order valence-electron chi connectivity index (χ1n) is 26.1. The van der Waals surface area contributed by atoms with E-state index in [4.69, 9.17) is 14.2 Å². The zero-order chi connectivity index (χ0) is 45.8. The van der Waals surface area contributed by atoms with Gasteiger partial charge in [-0.05, 0) is 96.3 Å². The molecule has 6 nitrogen and oxygen atoms in total. The SMILES string of the molecule is CC/C=C\C/C=C\C/C=C\C/C=C\C/C=C\C/C=C\CCCCC(=O)OCC(COC(=O)CCCCCCCCCCCC)OC(=O)CCCCCCC/C=C\CCCCCCC. The summed E-state index contributed by atoms with van der Waals surface area (Å²) in [6.07, 6.45) is 65.7. The number of ether oxygens (including phenoxy) is 3. The minimum Gasteiger partial charge on any atom is -0.462 e. The lowest BCUT2D eigenvalue weighted by Gasteiger charge is -2.18. The molecule has 0 rings (SSSR count). The van der Waals surface area contributed by atoms with Gasteiger partial charge in [-0.3, -0.25) is 14.4 Å². The third kappa shape index (κ3) is 49.5. The Morgan fingerprint density at radius 2 is 0.619 bits per heavy atom. The van der Waals surface area contributed by atoms with E-state index in [1.807, 2.05) is 0 Å². The minimum absolute atomic E-state index is 0.0927. The Morgan fingerprint density at radius 3 is 1.02 bits per heavy atom. The summed E-state index contributed by atoms with van der Waals surface area (Å²) in [5.41, 5.74) is 0. The van der Waals surface area contributed by atoms with Gasteiger partial charge in [-0.2, -0.15) is 0 Å². The van der Waals surface area contributed by atoms with Crippen molar-refractivity contribution >= 4 is 17.9 Å². The lowest BCUT2D eigenvalue weighted by Crippen LogP contribution is -2.30. The summed E-state index contributed by atoms with van der Waals surface area (Å²) < 4.78 is 16.7. The normalized spacial score (nSPS) is 12.7. The zero-order valence-electron chi connectivity index (χ0n) is 41.1. The molecule has 0 saturated carbocycles. The molecule has 0 amide bonds. The van der Waals surface area contributed by atoms with Crippen LogP contribution in [0.3, 0.4) is 0 Å². The quantitative estimate of drug-likeness (QED) is 0.0262. The summed E-state index contributed by atoms with van der Waals surface area (Å²) >= 11 is 0. The molecule has 1 atom stereocenters. The van der Waals surface area contributed by atoms with Crippen molar-refractivity contribution in [1.82, 2.24) is 0 Å². The Bertz CT molecular complexity index is 1240. The van der Waals surface area contributed by atoms with Gasteiger partial charge in [0, 0.05) is 19.3 Å². The molecule has 6 heteroatoms. The Kier molecular flexibility index (Phi) is 48.5. The first-order valence-corrected chi connectivity index (χ1v) is 26.1. The van der Waals surface area contributed by atoms with Crippen molar-refractivity contribution in [3.8, 4) is 0 Å². The fraction of sp³-hybridized carbons (Fsp3) is 0.702. The smallest absolute Gasteiger partial charge is 0.306 e. The second-order valence-corrected chi connectivity index (χ2v) is 17.1. The van der Waals surface area contributed by atoms with Gasteiger partial charge in [-0.15, -0.1) is 0 Å². The molecule has 0 aromatic carbocycles. The van der Waals surface area contributed by atoms with E-state index in [-0.39, 0.29) is 31.1 Å². The zero-order valence-corrected chi connectivity index (χ0v) is 41.1. The lowest BCUT2D eigenvalue weighted by atomic mass is 10.1. The van der Waals surface area contributed by atoms with Crippen molar-refractivity contribution in [2.24, 2.45) is 0 Å². The number of esters is 3. The van der Waals surface area contributed by atoms with Crippen LogP contribution in [0.1, 0.15) is 239 Å². The highest BCUT2D eigenvalue weighted by Crippen LogP contribution is 2.14. The third-order valence-electron chi connectivity index (χ3n) is 10.9. The van der Waals surface area contributed by atoms with Gasteiger partial charge in [0.05, 0.1) is 0 Å². The Balaban J connectivity index is 4.43. The van der Waals surface area contributed by atoms with Crippen LogP contribution >= 0.6 is 0 Å². The second kappa shape index (κ2) is 51.2. The molecular formula is C57H96O6. The molecule has 360 valence electrons.